The Morgan fingerprint density at radius 3 is 2.17 bits per heavy atom. The van der Waals surface area contributed by atoms with Crippen LogP contribution < -0.4 is 0 Å². The molecule has 18 heavy (non-hydrogen) atoms. The molecule has 0 rings (SSSR count). The molecule has 0 aromatic heterocycles. The van der Waals surface area contributed by atoms with E-state index >= 15 is 0 Å². The molecule has 0 spiro atoms. The average Bonchev–Trinajstić information content (AvgIpc) is 2.27. The second kappa shape index (κ2) is 7.67. The summed E-state index contributed by atoms with van der Waals surface area (Å²) in [6, 6.07) is 0. The Morgan fingerprint density at radius 1 is 1.33 bits per heavy atom. The van der Waals surface area contributed by atoms with Crippen molar-refractivity contribution in [3.05, 3.63) is 11.1 Å². The predicted molar refractivity (Wildman–Crippen MR) is 66.0 cm³/mol. The Balaban J connectivity index is 5.57. The van der Waals surface area contributed by atoms with E-state index in [0.29, 0.717) is 0 Å². The second-order valence-electron chi connectivity index (χ2n) is 3.72. The highest BCUT2D eigenvalue weighted by Crippen LogP contribution is 2.47. The zero-order valence-corrected chi connectivity index (χ0v) is 11.7. The molecular formula is C11H20FO5P. The molecule has 7 heteroatoms. The van der Waals surface area contributed by atoms with Crippen molar-refractivity contribution in [1.82, 2.24) is 0 Å². The summed E-state index contributed by atoms with van der Waals surface area (Å²) in [7, 11) is -4.48. The van der Waals surface area contributed by atoms with Crippen LogP contribution in [0.3, 0.4) is 0 Å². The number of carbonyl (C=O) groups excluding carboxylic acids is 1. The van der Waals surface area contributed by atoms with Crippen molar-refractivity contribution in [2.75, 3.05) is 13.3 Å². The standard InChI is InChI=1S/C11H20FO5P/c1-4-8(11(13)17-6-3)9(7-12)10(5-2)18(14,15)16/h10H,4-7H2,1-3H3,(H2,14,15,16). The molecule has 0 heterocycles. The summed E-state index contributed by atoms with van der Waals surface area (Å²) >= 11 is 0. The first-order chi connectivity index (χ1) is 8.33. The Kier molecular flexibility index (Phi) is 7.36. The second-order valence-corrected chi connectivity index (χ2v) is 5.53. The Bertz CT molecular complexity index is 360. The lowest BCUT2D eigenvalue weighted by Crippen LogP contribution is -2.19. The molecule has 2 N–H and O–H groups in total. The van der Waals surface area contributed by atoms with E-state index in [4.69, 9.17) is 4.74 Å². The summed E-state index contributed by atoms with van der Waals surface area (Å²) in [5.74, 6) is -0.709. The van der Waals surface area contributed by atoms with Crippen LogP contribution in [0.4, 0.5) is 4.39 Å². The number of ether oxygens (including phenoxy) is 1. The number of allylic oxidation sites excluding steroid dienone is 1. The van der Waals surface area contributed by atoms with Gasteiger partial charge in [0.2, 0.25) is 0 Å². The lowest BCUT2D eigenvalue weighted by Gasteiger charge is -2.21. The maximum absolute atomic E-state index is 13.1. The fraction of sp³-hybridized carbons (Fsp3) is 0.727. The number of rotatable bonds is 7. The van der Waals surface area contributed by atoms with Crippen LogP contribution in [0.2, 0.25) is 0 Å². The van der Waals surface area contributed by atoms with E-state index in [1.807, 2.05) is 0 Å². The maximum Gasteiger partial charge on any atom is 0.334 e. The molecule has 0 fully saturated rings. The first-order valence-corrected chi connectivity index (χ1v) is 7.51. The number of carbonyl (C=O) groups is 1. The summed E-state index contributed by atoms with van der Waals surface area (Å²) in [5.41, 5.74) is -1.39. The average molecular weight is 282 g/mol. The summed E-state index contributed by atoms with van der Waals surface area (Å²) in [5, 5.41) is 0. The van der Waals surface area contributed by atoms with Crippen LogP contribution in [0.5, 0.6) is 0 Å². The quantitative estimate of drug-likeness (QED) is 0.425. The van der Waals surface area contributed by atoms with Crippen molar-refractivity contribution < 1.29 is 28.3 Å². The highest BCUT2D eigenvalue weighted by atomic mass is 31.2. The summed E-state index contributed by atoms with van der Waals surface area (Å²) in [6.07, 6.45) is 0.237. The van der Waals surface area contributed by atoms with Gasteiger partial charge >= 0.3 is 13.6 Å². The third kappa shape index (κ3) is 4.52. The van der Waals surface area contributed by atoms with Gasteiger partial charge in [0.1, 0.15) is 6.67 Å². The monoisotopic (exact) mass is 282 g/mol. The number of halogens is 1. The molecule has 0 bridgehead atoms. The molecule has 0 aromatic carbocycles. The van der Waals surface area contributed by atoms with Gasteiger partial charge in [0.25, 0.3) is 0 Å². The third-order valence-corrected chi connectivity index (χ3v) is 4.09. The fourth-order valence-electron chi connectivity index (χ4n) is 1.78. The van der Waals surface area contributed by atoms with Crippen LogP contribution in [-0.4, -0.2) is 34.7 Å². The molecule has 1 atom stereocenters. The van der Waals surface area contributed by atoms with Gasteiger partial charge in [-0.05, 0) is 25.3 Å². The minimum absolute atomic E-state index is 0.0227. The lowest BCUT2D eigenvalue weighted by atomic mass is 10.0. The van der Waals surface area contributed by atoms with Gasteiger partial charge in [-0.15, -0.1) is 0 Å². The summed E-state index contributed by atoms with van der Waals surface area (Å²) in [6.45, 7) is 3.84. The number of alkyl halides is 1. The number of hydrogen-bond donors (Lipinski definition) is 2. The summed E-state index contributed by atoms with van der Waals surface area (Å²) in [4.78, 5) is 30.0. The molecule has 0 aromatic rings. The van der Waals surface area contributed by atoms with Crippen molar-refractivity contribution in [3.63, 3.8) is 0 Å². The van der Waals surface area contributed by atoms with Gasteiger partial charge in [-0.3, -0.25) is 4.57 Å². The molecule has 0 amide bonds. The molecular weight excluding hydrogens is 262 g/mol. The molecule has 0 aliphatic carbocycles. The molecule has 1 unspecified atom stereocenters. The van der Waals surface area contributed by atoms with Gasteiger partial charge < -0.3 is 14.5 Å². The predicted octanol–water partition coefficient (Wildman–Crippen LogP) is 2.18. The van der Waals surface area contributed by atoms with Crippen molar-refractivity contribution in [2.24, 2.45) is 0 Å². The SMILES string of the molecule is CCOC(=O)C(CC)=C(CF)C(CC)P(=O)(O)O. The highest BCUT2D eigenvalue weighted by Gasteiger charge is 2.33. The zero-order chi connectivity index (χ0) is 14.3. The van der Waals surface area contributed by atoms with E-state index in [2.05, 4.69) is 0 Å². The first kappa shape index (κ1) is 17.3. The Hall–Kier alpha value is -0.710. The largest absolute Gasteiger partial charge is 0.463 e. The highest BCUT2D eigenvalue weighted by molar-refractivity contribution is 7.52. The Labute approximate surface area is 106 Å². The smallest absolute Gasteiger partial charge is 0.334 e. The van der Waals surface area contributed by atoms with E-state index < -0.39 is 25.9 Å². The van der Waals surface area contributed by atoms with E-state index in [1.165, 1.54) is 6.92 Å². The minimum atomic E-state index is -4.48. The van der Waals surface area contributed by atoms with Crippen LogP contribution in [0.25, 0.3) is 0 Å². The molecule has 0 aliphatic rings. The lowest BCUT2D eigenvalue weighted by molar-refractivity contribution is -0.138. The maximum atomic E-state index is 13.1. The van der Waals surface area contributed by atoms with E-state index in [1.54, 1.807) is 13.8 Å². The molecule has 0 aliphatic heterocycles. The topological polar surface area (TPSA) is 83.8 Å². The molecule has 0 radical (unpaired) electrons. The third-order valence-electron chi connectivity index (χ3n) is 2.60. The van der Waals surface area contributed by atoms with Gasteiger partial charge in [0, 0.05) is 5.57 Å². The van der Waals surface area contributed by atoms with Crippen LogP contribution in [0, 0.1) is 0 Å². The zero-order valence-electron chi connectivity index (χ0n) is 10.9. The van der Waals surface area contributed by atoms with Crippen LogP contribution in [0.15, 0.2) is 11.1 Å². The van der Waals surface area contributed by atoms with Gasteiger partial charge in [0.15, 0.2) is 0 Å². The van der Waals surface area contributed by atoms with E-state index in [-0.39, 0.29) is 30.6 Å². The normalized spacial score (nSPS) is 15.0. The van der Waals surface area contributed by atoms with Crippen molar-refractivity contribution in [2.45, 2.75) is 39.3 Å². The van der Waals surface area contributed by atoms with Crippen molar-refractivity contribution >= 4 is 13.6 Å². The fourth-order valence-corrected chi connectivity index (χ4v) is 2.89. The Morgan fingerprint density at radius 2 is 1.89 bits per heavy atom. The molecule has 0 saturated heterocycles. The van der Waals surface area contributed by atoms with Crippen LogP contribution in [-0.2, 0) is 14.1 Å². The van der Waals surface area contributed by atoms with Crippen LogP contribution >= 0.6 is 7.60 Å². The van der Waals surface area contributed by atoms with Gasteiger partial charge in [0.05, 0.1) is 12.3 Å². The van der Waals surface area contributed by atoms with Crippen molar-refractivity contribution in [3.8, 4) is 0 Å². The minimum Gasteiger partial charge on any atom is -0.463 e. The van der Waals surface area contributed by atoms with Crippen LogP contribution in [0.1, 0.15) is 33.6 Å². The number of esters is 1. The molecule has 106 valence electrons. The van der Waals surface area contributed by atoms with E-state index in [9.17, 15) is 23.5 Å². The first-order valence-electron chi connectivity index (χ1n) is 5.83. The van der Waals surface area contributed by atoms with E-state index in [0.717, 1.165) is 0 Å². The van der Waals surface area contributed by atoms with Gasteiger partial charge in [-0.2, -0.15) is 0 Å². The number of hydrogen-bond acceptors (Lipinski definition) is 3. The summed E-state index contributed by atoms with van der Waals surface area (Å²) < 4.78 is 29.1. The molecule has 0 saturated carbocycles. The molecule has 5 nitrogen and oxygen atoms in total. The van der Waals surface area contributed by atoms with Gasteiger partial charge in [-0.1, -0.05) is 13.8 Å². The van der Waals surface area contributed by atoms with Gasteiger partial charge in [-0.25, -0.2) is 9.18 Å². The van der Waals surface area contributed by atoms with Crippen molar-refractivity contribution in [1.29, 1.82) is 0 Å².